The average Bonchev–Trinajstić information content (AvgIpc) is 3.37. The zero-order valence-corrected chi connectivity index (χ0v) is 13.5. The van der Waals surface area contributed by atoms with Crippen molar-refractivity contribution in [3.05, 3.63) is 30.1 Å². The predicted molar refractivity (Wildman–Crippen MR) is 86.9 cm³/mol. The van der Waals surface area contributed by atoms with Gasteiger partial charge in [-0.2, -0.15) is 0 Å². The molecule has 0 radical (unpaired) electrons. The summed E-state index contributed by atoms with van der Waals surface area (Å²) in [7, 11) is 0. The first kappa shape index (κ1) is 16.9. The minimum Gasteiger partial charge on any atom is -0.379 e. The molecule has 7 heteroatoms. The number of ether oxygens (including phenoxy) is 1. The third-order valence-corrected chi connectivity index (χ3v) is 4.39. The molecule has 1 aliphatic heterocycles. The minimum atomic E-state index is -0.402. The van der Waals surface area contributed by atoms with E-state index in [1.54, 1.807) is 6.07 Å². The summed E-state index contributed by atoms with van der Waals surface area (Å²) in [4.78, 5) is 26.4. The van der Waals surface area contributed by atoms with Crippen molar-refractivity contribution in [1.29, 1.82) is 0 Å². The van der Waals surface area contributed by atoms with E-state index < -0.39 is 5.82 Å². The van der Waals surface area contributed by atoms with Gasteiger partial charge in [0.2, 0.25) is 11.8 Å². The van der Waals surface area contributed by atoms with Gasteiger partial charge >= 0.3 is 0 Å². The highest BCUT2D eigenvalue weighted by molar-refractivity contribution is 5.99. The third-order valence-electron chi connectivity index (χ3n) is 4.39. The monoisotopic (exact) mass is 335 g/mol. The van der Waals surface area contributed by atoms with Gasteiger partial charge in [0.15, 0.2) is 0 Å². The van der Waals surface area contributed by atoms with E-state index in [-0.39, 0.29) is 23.7 Å². The number of rotatable bonds is 6. The fraction of sp³-hybridized carbons (Fsp3) is 0.529. The molecule has 24 heavy (non-hydrogen) atoms. The van der Waals surface area contributed by atoms with Crippen molar-refractivity contribution in [2.24, 2.45) is 11.8 Å². The first-order chi connectivity index (χ1) is 11.6. The number of morpholine rings is 1. The summed E-state index contributed by atoms with van der Waals surface area (Å²) in [6.45, 7) is 4.61. The van der Waals surface area contributed by atoms with E-state index in [4.69, 9.17) is 4.74 Å². The van der Waals surface area contributed by atoms with Crippen LogP contribution >= 0.6 is 0 Å². The second-order valence-corrected chi connectivity index (χ2v) is 6.19. The molecule has 0 bridgehead atoms. The Labute approximate surface area is 140 Å². The Kier molecular flexibility index (Phi) is 5.42. The number of amides is 2. The number of carbonyl (C=O) groups is 2. The maximum atomic E-state index is 13.1. The maximum Gasteiger partial charge on any atom is 0.228 e. The van der Waals surface area contributed by atoms with E-state index in [9.17, 15) is 14.0 Å². The van der Waals surface area contributed by atoms with Gasteiger partial charge < -0.3 is 15.4 Å². The molecule has 130 valence electrons. The second kappa shape index (κ2) is 7.72. The second-order valence-electron chi connectivity index (χ2n) is 6.19. The van der Waals surface area contributed by atoms with Gasteiger partial charge in [0.25, 0.3) is 0 Å². The molecule has 2 atom stereocenters. The largest absolute Gasteiger partial charge is 0.379 e. The molecule has 6 nitrogen and oxygen atoms in total. The fourth-order valence-corrected chi connectivity index (χ4v) is 2.87. The maximum absolute atomic E-state index is 13.1. The van der Waals surface area contributed by atoms with Crippen molar-refractivity contribution in [2.45, 2.75) is 6.42 Å². The normalized spacial score (nSPS) is 23.5. The van der Waals surface area contributed by atoms with Crippen molar-refractivity contribution < 1.29 is 18.7 Å². The van der Waals surface area contributed by atoms with Crippen LogP contribution in [-0.2, 0) is 14.3 Å². The molecule has 0 aromatic heterocycles. The standard InChI is InChI=1S/C17H22FN3O3/c18-12-2-1-3-13(10-12)20-17(23)15-11-14(15)16(22)19-4-5-21-6-8-24-9-7-21/h1-3,10,14-15H,4-9,11H2,(H,19,22)(H,20,23). The van der Waals surface area contributed by atoms with Crippen LogP contribution in [-0.4, -0.2) is 56.1 Å². The summed E-state index contributed by atoms with van der Waals surface area (Å²) in [5.41, 5.74) is 0.415. The molecule has 1 aliphatic carbocycles. The summed E-state index contributed by atoms with van der Waals surface area (Å²) in [5, 5.41) is 5.54. The summed E-state index contributed by atoms with van der Waals surface area (Å²) in [5.74, 6) is -1.31. The highest BCUT2D eigenvalue weighted by atomic mass is 19.1. The Morgan fingerprint density at radius 3 is 2.71 bits per heavy atom. The molecular formula is C17H22FN3O3. The predicted octanol–water partition coefficient (Wildman–Crippen LogP) is 0.849. The van der Waals surface area contributed by atoms with Gasteiger partial charge in [-0.1, -0.05) is 6.07 Å². The van der Waals surface area contributed by atoms with Crippen molar-refractivity contribution in [3.8, 4) is 0 Å². The number of nitrogens with zero attached hydrogens (tertiary/aromatic N) is 1. The highest BCUT2D eigenvalue weighted by Gasteiger charge is 2.47. The van der Waals surface area contributed by atoms with Gasteiger partial charge in [0.1, 0.15) is 5.82 Å². The molecule has 2 N–H and O–H groups in total. The number of hydrogen-bond donors (Lipinski definition) is 2. The Balaban J connectivity index is 1.37. The van der Waals surface area contributed by atoms with E-state index >= 15 is 0 Å². The van der Waals surface area contributed by atoms with Crippen molar-refractivity contribution in [3.63, 3.8) is 0 Å². The van der Waals surface area contributed by atoms with Crippen LogP contribution in [0.2, 0.25) is 0 Å². The molecule has 1 aromatic carbocycles. The smallest absolute Gasteiger partial charge is 0.228 e. The lowest BCUT2D eigenvalue weighted by Gasteiger charge is -2.26. The van der Waals surface area contributed by atoms with E-state index in [0.29, 0.717) is 18.7 Å². The molecule has 1 saturated carbocycles. The highest BCUT2D eigenvalue weighted by Crippen LogP contribution is 2.39. The van der Waals surface area contributed by atoms with Crippen LogP contribution in [0.5, 0.6) is 0 Å². The molecule has 0 spiro atoms. The Morgan fingerprint density at radius 1 is 1.21 bits per heavy atom. The van der Waals surface area contributed by atoms with Crippen LogP contribution in [0.3, 0.4) is 0 Å². The topological polar surface area (TPSA) is 70.7 Å². The molecule has 2 amide bonds. The SMILES string of the molecule is O=C(NCCN1CCOCC1)C1CC1C(=O)Nc1cccc(F)c1. The summed E-state index contributed by atoms with van der Waals surface area (Å²) >= 11 is 0. The number of carbonyl (C=O) groups excluding carboxylic acids is 2. The molecule has 1 aromatic rings. The number of halogens is 1. The Hall–Kier alpha value is -1.99. The first-order valence-electron chi connectivity index (χ1n) is 8.28. The first-order valence-corrected chi connectivity index (χ1v) is 8.28. The Bertz CT molecular complexity index is 604. The van der Waals surface area contributed by atoms with Crippen LogP contribution in [0.25, 0.3) is 0 Å². The van der Waals surface area contributed by atoms with Crippen LogP contribution in [0.1, 0.15) is 6.42 Å². The quantitative estimate of drug-likeness (QED) is 0.809. The lowest BCUT2D eigenvalue weighted by atomic mass is 10.2. The zero-order chi connectivity index (χ0) is 16.9. The van der Waals surface area contributed by atoms with Crippen LogP contribution in [0.4, 0.5) is 10.1 Å². The lowest BCUT2D eigenvalue weighted by Crippen LogP contribution is -2.41. The Morgan fingerprint density at radius 2 is 1.96 bits per heavy atom. The lowest BCUT2D eigenvalue weighted by molar-refractivity contribution is -0.125. The average molecular weight is 335 g/mol. The molecule has 2 fully saturated rings. The minimum absolute atomic E-state index is 0.0809. The van der Waals surface area contributed by atoms with Crippen molar-refractivity contribution in [2.75, 3.05) is 44.7 Å². The van der Waals surface area contributed by atoms with Crippen LogP contribution < -0.4 is 10.6 Å². The van der Waals surface area contributed by atoms with Gasteiger partial charge in [0.05, 0.1) is 25.0 Å². The number of anilines is 1. The van der Waals surface area contributed by atoms with Gasteiger partial charge in [-0.15, -0.1) is 0 Å². The summed E-state index contributed by atoms with van der Waals surface area (Å²) < 4.78 is 18.4. The molecule has 1 saturated heterocycles. The zero-order valence-electron chi connectivity index (χ0n) is 13.5. The summed E-state index contributed by atoms with van der Waals surface area (Å²) in [6, 6.07) is 5.74. The molecule has 2 aliphatic rings. The van der Waals surface area contributed by atoms with E-state index in [1.807, 2.05) is 0 Å². The molecule has 1 heterocycles. The van der Waals surface area contributed by atoms with E-state index in [0.717, 1.165) is 32.8 Å². The number of nitrogens with one attached hydrogen (secondary N) is 2. The van der Waals surface area contributed by atoms with Gasteiger partial charge in [0, 0.05) is 31.9 Å². The van der Waals surface area contributed by atoms with E-state index in [1.165, 1.54) is 18.2 Å². The molecular weight excluding hydrogens is 313 g/mol. The van der Waals surface area contributed by atoms with Crippen molar-refractivity contribution in [1.82, 2.24) is 10.2 Å². The van der Waals surface area contributed by atoms with Gasteiger partial charge in [-0.25, -0.2) is 4.39 Å². The van der Waals surface area contributed by atoms with Gasteiger partial charge in [-0.3, -0.25) is 14.5 Å². The van der Waals surface area contributed by atoms with Crippen LogP contribution in [0.15, 0.2) is 24.3 Å². The van der Waals surface area contributed by atoms with Gasteiger partial charge in [-0.05, 0) is 24.6 Å². The summed E-state index contributed by atoms with van der Waals surface area (Å²) in [6.07, 6.45) is 0.546. The van der Waals surface area contributed by atoms with E-state index in [2.05, 4.69) is 15.5 Å². The van der Waals surface area contributed by atoms with Crippen molar-refractivity contribution >= 4 is 17.5 Å². The molecule has 2 unspecified atom stereocenters. The number of benzene rings is 1. The number of hydrogen-bond acceptors (Lipinski definition) is 4. The fourth-order valence-electron chi connectivity index (χ4n) is 2.87. The van der Waals surface area contributed by atoms with Crippen LogP contribution in [0, 0.1) is 17.7 Å². The third kappa shape index (κ3) is 4.52. The molecule has 3 rings (SSSR count).